The summed E-state index contributed by atoms with van der Waals surface area (Å²) in [5, 5.41) is 54.5. The topological polar surface area (TPSA) is 160 Å². The molecule has 212 valence electrons. The van der Waals surface area contributed by atoms with E-state index in [0.717, 1.165) is 6.07 Å². The second kappa shape index (κ2) is 11.3. The van der Waals surface area contributed by atoms with Crippen molar-refractivity contribution >= 4 is 11.6 Å². The van der Waals surface area contributed by atoms with Gasteiger partial charge in [0.1, 0.15) is 48.4 Å². The van der Waals surface area contributed by atoms with E-state index in [0.29, 0.717) is 6.07 Å². The Bertz CT molecular complexity index is 1280. The van der Waals surface area contributed by atoms with Gasteiger partial charge in [-0.3, -0.25) is 0 Å². The maximum absolute atomic E-state index is 14.0. The Labute approximate surface area is 224 Å². The molecule has 15 heteroatoms. The van der Waals surface area contributed by atoms with Crippen molar-refractivity contribution in [1.82, 2.24) is 14.8 Å². The molecule has 3 aromatic rings. The van der Waals surface area contributed by atoms with E-state index in [-0.39, 0.29) is 28.8 Å². The minimum Gasteiger partial charge on any atom is -0.458 e. The molecular weight excluding hydrogens is 551 g/mol. The third kappa shape index (κ3) is 6.44. The molecule has 1 aliphatic rings. The molecule has 5 N–H and O–H groups in total. The average Bonchev–Trinajstić information content (AvgIpc) is 3.37. The number of hydrogen-bond acceptors (Lipinski definition) is 10. The SMILES string of the molecule is CC(O)(Cn1cncn1)c1ccc(Oc2ccc(Cl)cc2O[C@H]2O[C@H](CO)[C@@H](O)[C@H](O)[C@H]2O)cc1C(F)(F)F. The molecule has 4 rings (SSSR count). The highest BCUT2D eigenvalue weighted by molar-refractivity contribution is 6.30. The number of rotatable bonds is 8. The molecule has 0 radical (unpaired) electrons. The second-order valence-electron chi connectivity index (χ2n) is 9.08. The van der Waals surface area contributed by atoms with Gasteiger partial charge in [0.05, 0.1) is 18.7 Å². The molecule has 39 heavy (non-hydrogen) atoms. The molecule has 6 atom stereocenters. The van der Waals surface area contributed by atoms with E-state index in [1.165, 1.54) is 48.5 Å². The van der Waals surface area contributed by atoms with Crippen LogP contribution in [0.25, 0.3) is 0 Å². The summed E-state index contributed by atoms with van der Waals surface area (Å²) in [5.41, 5.74) is -3.56. The van der Waals surface area contributed by atoms with Gasteiger partial charge < -0.3 is 39.7 Å². The van der Waals surface area contributed by atoms with Crippen LogP contribution in [0.4, 0.5) is 13.2 Å². The zero-order valence-electron chi connectivity index (χ0n) is 20.2. The van der Waals surface area contributed by atoms with Crippen molar-refractivity contribution in [2.24, 2.45) is 0 Å². The van der Waals surface area contributed by atoms with Crippen molar-refractivity contribution in [3.8, 4) is 17.2 Å². The number of alkyl halides is 3. The van der Waals surface area contributed by atoms with Crippen LogP contribution >= 0.6 is 11.6 Å². The average molecular weight is 576 g/mol. The van der Waals surface area contributed by atoms with Gasteiger partial charge in [0, 0.05) is 11.1 Å². The third-order valence-electron chi connectivity index (χ3n) is 6.04. The monoisotopic (exact) mass is 575 g/mol. The molecule has 11 nitrogen and oxygen atoms in total. The van der Waals surface area contributed by atoms with Crippen molar-refractivity contribution in [1.29, 1.82) is 0 Å². The lowest BCUT2D eigenvalue weighted by Crippen LogP contribution is -2.60. The molecule has 1 aliphatic heterocycles. The summed E-state index contributed by atoms with van der Waals surface area (Å²) >= 11 is 6.04. The first-order chi connectivity index (χ1) is 18.3. The fraction of sp³-hybridized carbons (Fsp3) is 0.417. The van der Waals surface area contributed by atoms with Crippen molar-refractivity contribution in [3.63, 3.8) is 0 Å². The summed E-state index contributed by atoms with van der Waals surface area (Å²) in [6.45, 7) is 0.215. The van der Waals surface area contributed by atoms with Crippen molar-refractivity contribution in [3.05, 3.63) is 65.2 Å². The smallest absolute Gasteiger partial charge is 0.416 e. The first-order valence-electron chi connectivity index (χ1n) is 11.5. The van der Waals surface area contributed by atoms with Crippen LogP contribution in [0.2, 0.25) is 5.02 Å². The van der Waals surface area contributed by atoms with Crippen LogP contribution in [0.15, 0.2) is 49.1 Å². The molecule has 0 amide bonds. The lowest BCUT2D eigenvalue weighted by molar-refractivity contribution is -0.277. The normalized spacial score (nSPS) is 25.2. The minimum atomic E-state index is -4.86. The van der Waals surface area contributed by atoms with Crippen LogP contribution in [0.3, 0.4) is 0 Å². The van der Waals surface area contributed by atoms with E-state index >= 15 is 0 Å². The lowest BCUT2D eigenvalue weighted by atomic mass is 9.90. The zero-order valence-corrected chi connectivity index (χ0v) is 21.0. The van der Waals surface area contributed by atoms with Gasteiger partial charge >= 0.3 is 6.18 Å². The largest absolute Gasteiger partial charge is 0.458 e. The number of ether oxygens (including phenoxy) is 3. The maximum Gasteiger partial charge on any atom is 0.416 e. The van der Waals surface area contributed by atoms with Crippen LogP contribution in [0.1, 0.15) is 18.1 Å². The Balaban J connectivity index is 1.64. The maximum atomic E-state index is 14.0. The fourth-order valence-corrected chi connectivity index (χ4v) is 4.24. The van der Waals surface area contributed by atoms with E-state index < -0.39 is 60.2 Å². The molecule has 2 heterocycles. The van der Waals surface area contributed by atoms with Crippen molar-refractivity contribution in [2.75, 3.05) is 6.61 Å². The van der Waals surface area contributed by atoms with Gasteiger partial charge in [-0.25, -0.2) is 9.67 Å². The molecule has 0 aliphatic carbocycles. The summed E-state index contributed by atoms with van der Waals surface area (Å²) < 4.78 is 59.9. The van der Waals surface area contributed by atoms with Gasteiger partial charge in [-0.15, -0.1) is 0 Å². The first-order valence-corrected chi connectivity index (χ1v) is 11.9. The molecule has 0 saturated carbocycles. The van der Waals surface area contributed by atoms with Crippen LogP contribution in [-0.4, -0.2) is 77.6 Å². The number of halogens is 4. The summed E-state index contributed by atoms with van der Waals surface area (Å²) in [4.78, 5) is 3.72. The van der Waals surface area contributed by atoms with Crippen LogP contribution in [0.5, 0.6) is 17.2 Å². The molecule has 1 aromatic heterocycles. The van der Waals surface area contributed by atoms with Gasteiger partial charge in [0.2, 0.25) is 6.29 Å². The Morgan fingerprint density at radius 2 is 1.77 bits per heavy atom. The molecule has 0 bridgehead atoms. The van der Waals surface area contributed by atoms with Gasteiger partial charge in [-0.1, -0.05) is 17.7 Å². The number of nitrogens with zero attached hydrogens (tertiary/aromatic N) is 3. The quantitative estimate of drug-likeness (QED) is 0.268. The Hall–Kier alpha value is -2.98. The highest BCUT2D eigenvalue weighted by atomic mass is 35.5. The summed E-state index contributed by atoms with van der Waals surface area (Å²) in [7, 11) is 0. The number of hydrogen-bond donors (Lipinski definition) is 5. The summed E-state index contributed by atoms with van der Waals surface area (Å²) in [5.74, 6) is -0.585. The van der Waals surface area contributed by atoms with Crippen molar-refractivity contribution < 1.29 is 52.9 Å². The van der Waals surface area contributed by atoms with Gasteiger partial charge in [-0.2, -0.15) is 18.3 Å². The van der Waals surface area contributed by atoms with Gasteiger partial charge in [0.25, 0.3) is 0 Å². The Kier molecular flexibility index (Phi) is 8.37. The Morgan fingerprint density at radius 1 is 1.03 bits per heavy atom. The predicted molar refractivity (Wildman–Crippen MR) is 127 cm³/mol. The summed E-state index contributed by atoms with van der Waals surface area (Å²) in [6, 6.07) is 6.90. The molecule has 2 aromatic carbocycles. The standard InChI is InChI=1S/C24H25ClF3N3O8/c1-23(36,9-31-11-29-10-30-31)14-4-3-13(7-15(14)24(26,27)28)37-16-5-2-12(25)6-17(16)38-22-21(35)20(34)19(33)18(8-32)39-22/h2-7,10-11,18-22,32-36H,8-9H2,1H3/t18-,19-,20+,21-,22+,23?/m1/s1. The molecule has 0 spiro atoms. The van der Waals surface area contributed by atoms with Crippen LogP contribution in [0, 0.1) is 0 Å². The predicted octanol–water partition coefficient (Wildman–Crippen LogP) is 1.83. The second-order valence-corrected chi connectivity index (χ2v) is 9.52. The number of aliphatic hydroxyl groups excluding tert-OH is 4. The Morgan fingerprint density at radius 3 is 2.41 bits per heavy atom. The van der Waals surface area contributed by atoms with E-state index in [1.807, 2.05) is 0 Å². The van der Waals surface area contributed by atoms with E-state index in [1.54, 1.807) is 0 Å². The highest BCUT2D eigenvalue weighted by Gasteiger charge is 2.45. The van der Waals surface area contributed by atoms with E-state index in [9.17, 15) is 38.7 Å². The molecule has 1 saturated heterocycles. The van der Waals surface area contributed by atoms with E-state index in [4.69, 9.17) is 25.8 Å². The first kappa shape index (κ1) is 29.0. The molecular formula is C24H25ClF3N3O8. The van der Waals surface area contributed by atoms with E-state index in [2.05, 4.69) is 10.1 Å². The van der Waals surface area contributed by atoms with Crippen LogP contribution < -0.4 is 9.47 Å². The number of aromatic nitrogens is 3. The minimum absolute atomic E-state index is 0.133. The van der Waals surface area contributed by atoms with Crippen LogP contribution in [-0.2, 0) is 23.1 Å². The van der Waals surface area contributed by atoms with Crippen molar-refractivity contribution in [2.45, 2.75) is 56.0 Å². The zero-order chi connectivity index (χ0) is 28.5. The number of aliphatic hydroxyl groups is 5. The highest BCUT2D eigenvalue weighted by Crippen LogP contribution is 2.42. The third-order valence-corrected chi connectivity index (χ3v) is 6.27. The molecule has 1 fully saturated rings. The van der Waals surface area contributed by atoms with Gasteiger partial charge in [0.15, 0.2) is 11.5 Å². The fourth-order valence-electron chi connectivity index (χ4n) is 4.08. The number of benzene rings is 2. The van der Waals surface area contributed by atoms with Gasteiger partial charge in [-0.05, 0) is 36.8 Å². The molecule has 1 unspecified atom stereocenters. The summed E-state index contributed by atoms with van der Waals surface area (Å²) in [6.07, 6.45) is -10.4. The lowest BCUT2D eigenvalue weighted by Gasteiger charge is -2.39.